The Kier molecular flexibility index (Phi) is 6.01. The molecule has 7 heteroatoms. The summed E-state index contributed by atoms with van der Waals surface area (Å²) in [6, 6.07) is 10.5. The normalized spacial score (nSPS) is 12.4. The van der Waals surface area contributed by atoms with Crippen molar-refractivity contribution in [2.45, 2.75) is 19.3 Å². The van der Waals surface area contributed by atoms with Crippen LogP contribution in [0.1, 0.15) is 17.5 Å². The second-order valence-corrected chi connectivity index (χ2v) is 6.72. The lowest BCUT2D eigenvalue weighted by Gasteiger charge is -2.09. The molecule has 26 heavy (non-hydrogen) atoms. The highest BCUT2D eigenvalue weighted by Crippen LogP contribution is 2.26. The van der Waals surface area contributed by atoms with Gasteiger partial charge in [0.1, 0.15) is 5.75 Å². The van der Waals surface area contributed by atoms with Gasteiger partial charge in [0, 0.05) is 5.69 Å². The predicted octanol–water partition coefficient (Wildman–Crippen LogP) is 4.04. The highest BCUT2D eigenvalue weighted by molar-refractivity contribution is 6.42. The second kappa shape index (κ2) is 8.43. The highest BCUT2D eigenvalue weighted by Gasteiger charge is 2.13. The van der Waals surface area contributed by atoms with E-state index in [0.717, 1.165) is 19.3 Å². The van der Waals surface area contributed by atoms with E-state index in [4.69, 9.17) is 32.7 Å². The maximum absolute atomic E-state index is 11.8. The monoisotopic (exact) mass is 393 g/mol. The number of benzene rings is 2. The Morgan fingerprint density at radius 2 is 1.77 bits per heavy atom. The van der Waals surface area contributed by atoms with Crippen molar-refractivity contribution in [3.63, 3.8) is 0 Å². The molecule has 0 aromatic heterocycles. The summed E-state index contributed by atoms with van der Waals surface area (Å²) >= 11 is 11.7. The van der Waals surface area contributed by atoms with Gasteiger partial charge in [0.2, 0.25) is 0 Å². The molecule has 0 radical (unpaired) electrons. The van der Waals surface area contributed by atoms with Gasteiger partial charge in [-0.3, -0.25) is 4.79 Å². The molecule has 3 rings (SSSR count). The van der Waals surface area contributed by atoms with Crippen molar-refractivity contribution in [2.75, 3.05) is 18.5 Å². The van der Waals surface area contributed by atoms with E-state index in [0.29, 0.717) is 21.5 Å². The number of amides is 1. The van der Waals surface area contributed by atoms with Gasteiger partial charge in [-0.25, -0.2) is 4.79 Å². The van der Waals surface area contributed by atoms with Gasteiger partial charge in [-0.2, -0.15) is 0 Å². The van der Waals surface area contributed by atoms with Gasteiger partial charge in [-0.15, -0.1) is 0 Å². The van der Waals surface area contributed by atoms with Crippen molar-refractivity contribution in [1.82, 2.24) is 0 Å². The minimum Gasteiger partial charge on any atom is -0.482 e. The number of halogens is 2. The number of carbonyl (C=O) groups excluding carboxylic acids is 2. The zero-order valence-electron chi connectivity index (χ0n) is 13.9. The van der Waals surface area contributed by atoms with Crippen LogP contribution in [-0.4, -0.2) is 25.1 Å². The number of nitrogens with one attached hydrogen (secondary N) is 1. The van der Waals surface area contributed by atoms with Crippen LogP contribution in [0.2, 0.25) is 10.0 Å². The molecule has 0 fully saturated rings. The Bertz CT molecular complexity index is 838. The summed E-state index contributed by atoms with van der Waals surface area (Å²) in [5.74, 6) is -0.466. The largest absolute Gasteiger partial charge is 0.482 e. The van der Waals surface area contributed by atoms with E-state index in [-0.39, 0.29) is 6.61 Å². The van der Waals surface area contributed by atoms with Gasteiger partial charge in [-0.1, -0.05) is 29.3 Å². The molecule has 0 bridgehead atoms. The summed E-state index contributed by atoms with van der Waals surface area (Å²) in [6.07, 6.45) is 3.27. The van der Waals surface area contributed by atoms with Gasteiger partial charge in [0.25, 0.3) is 5.91 Å². The topological polar surface area (TPSA) is 64.6 Å². The molecule has 0 saturated carbocycles. The Labute approximate surface area is 161 Å². The van der Waals surface area contributed by atoms with E-state index in [9.17, 15) is 9.59 Å². The van der Waals surface area contributed by atoms with E-state index < -0.39 is 18.5 Å². The van der Waals surface area contributed by atoms with Crippen molar-refractivity contribution in [3.8, 4) is 5.75 Å². The Morgan fingerprint density at radius 1 is 0.962 bits per heavy atom. The van der Waals surface area contributed by atoms with Crippen molar-refractivity contribution in [2.24, 2.45) is 0 Å². The summed E-state index contributed by atoms with van der Waals surface area (Å²) in [6.45, 7) is -0.661. The Morgan fingerprint density at radius 3 is 2.58 bits per heavy atom. The van der Waals surface area contributed by atoms with Gasteiger partial charge in [-0.05, 0) is 60.7 Å². The number of hydrogen-bond acceptors (Lipinski definition) is 4. The van der Waals surface area contributed by atoms with Crippen LogP contribution in [0.5, 0.6) is 5.75 Å². The third-order valence-electron chi connectivity index (χ3n) is 3.99. The first kappa shape index (κ1) is 18.5. The van der Waals surface area contributed by atoms with Crippen molar-refractivity contribution < 1.29 is 19.1 Å². The van der Waals surface area contributed by atoms with Gasteiger partial charge < -0.3 is 14.8 Å². The molecule has 1 aliphatic rings. The molecule has 2 aromatic carbocycles. The summed E-state index contributed by atoms with van der Waals surface area (Å²) < 4.78 is 10.3. The van der Waals surface area contributed by atoms with Crippen LogP contribution in [0.15, 0.2) is 36.4 Å². The number of ether oxygens (including phenoxy) is 2. The average molecular weight is 394 g/mol. The van der Waals surface area contributed by atoms with E-state index >= 15 is 0 Å². The molecule has 136 valence electrons. The molecule has 0 unspecified atom stereocenters. The summed E-state index contributed by atoms with van der Waals surface area (Å²) in [4.78, 5) is 23.6. The summed E-state index contributed by atoms with van der Waals surface area (Å²) in [5.41, 5.74) is 3.06. The minimum atomic E-state index is -0.616. The van der Waals surface area contributed by atoms with E-state index in [1.165, 1.54) is 17.2 Å². The van der Waals surface area contributed by atoms with Crippen LogP contribution in [0.3, 0.4) is 0 Å². The number of hydrogen-bond donors (Lipinski definition) is 1. The highest BCUT2D eigenvalue weighted by atomic mass is 35.5. The second-order valence-electron chi connectivity index (χ2n) is 5.91. The lowest BCUT2D eigenvalue weighted by molar-refractivity contribution is -0.149. The fourth-order valence-electron chi connectivity index (χ4n) is 2.74. The molecular weight excluding hydrogens is 377 g/mol. The first-order valence-corrected chi connectivity index (χ1v) is 8.92. The molecule has 1 N–H and O–H groups in total. The minimum absolute atomic E-state index is 0.251. The molecule has 0 atom stereocenters. The van der Waals surface area contributed by atoms with Crippen molar-refractivity contribution in [1.29, 1.82) is 0 Å². The maximum Gasteiger partial charge on any atom is 0.344 e. The average Bonchev–Trinajstić information content (AvgIpc) is 3.09. The molecule has 0 saturated heterocycles. The zero-order chi connectivity index (χ0) is 18.5. The number of esters is 1. The lowest BCUT2D eigenvalue weighted by atomic mass is 10.1. The molecule has 0 heterocycles. The SMILES string of the molecule is O=C(COC(=O)COc1ccc2c(c1)CCC2)Nc1ccc(Cl)c(Cl)c1. The number of aryl methyl sites for hydroxylation is 2. The third-order valence-corrected chi connectivity index (χ3v) is 4.73. The molecule has 0 spiro atoms. The van der Waals surface area contributed by atoms with Gasteiger partial charge in [0.05, 0.1) is 10.0 Å². The van der Waals surface area contributed by atoms with Crippen LogP contribution < -0.4 is 10.1 Å². The third kappa shape index (κ3) is 4.90. The summed E-state index contributed by atoms with van der Waals surface area (Å²) in [5, 5.41) is 3.28. The van der Waals surface area contributed by atoms with Gasteiger partial charge in [0.15, 0.2) is 13.2 Å². The molecule has 1 amide bonds. The maximum atomic E-state index is 11.8. The molecule has 1 aliphatic carbocycles. The standard InChI is InChI=1S/C19H17Cl2NO4/c20-16-7-5-14(9-17(16)21)22-18(23)10-26-19(24)11-25-15-6-4-12-2-1-3-13(12)8-15/h4-9H,1-3,10-11H2,(H,22,23). The smallest absolute Gasteiger partial charge is 0.344 e. The van der Waals surface area contributed by atoms with E-state index in [2.05, 4.69) is 5.32 Å². The fraction of sp³-hybridized carbons (Fsp3) is 0.263. The van der Waals surface area contributed by atoms with Crippen molar-refractivity contribution in [3.05, 3.63) is 57.6 Å². The quantitative estimate of drug-likeness (QED) is 0.751. The number of fused-ring (bicyclic) bond motifs is 1. The first-order valence-electron chi connectivity index (χ1n) is 8.16. The van der Waals surface area contributed by atoms with Crippen LogP contribution in [0, 0.1) is 0 Å². The number of anilines is 1. The number of carbonyl (C=O) groups is 2. The Hall–Kier alpha value is -2.24. The van der Waals surface area contributed by atoms with Crippen LogP contribution in [0.4, 0.5) is 5.69 Å². The van der Waals surface area contributed by atoms with Crippen LogP contribution in [-0.2, 0) is 27.2 Å². The Balaban J connectivity index is 1.42. The first-order chi connectivity index (χ1) is 12.5. The predicted molar refractivity (Wildman–Crippen MR) is 100 cm³/mol. The van der Waals surface area contributed by atoms with Gasteiger partial charge >= 0.3 is 5.97 Å². The fourth-order valence-corrected chi connectivity index (χ4v) is 3.04. The van der Waals surface area contributed by atoms with Crippen LogP contribution in [0.25, 0.3) is 0 Å². The zero-order valence-corrected chi connectivity index (χ0v) is 15.4. The molecular formula is C19H17Cl2NO4. The lowest BCUT2D eigenvalue weighted by Crippen LogP contribution is -2.23. The number of rotatable bonds is 6. The summed E-state index contributed by atoms with van der Waals surface area (Å²) in [7, 11) is 0. The molecule has 0 aliphatic heterocycles. The van der Waals surface area contributed by atoms with Crippen LogP contribution >= 0.6 is 23.2 Å². The van der Waals surface area contributed by atoms with E-state index in [1.54, 1.807) is 12.1 Å². The molecule has 5 nitrogen and oxygen atoms in total. The molecule has 2 aromatic rings. The van der Waals surface area contributed by atoms with E-state index in [1.807, 2.05) is 18.2 Å². The van der Waals surface area contributed by atoms with Crippen molar-refractivity contribution >= 4 is 40.8 Å².